The van der Waals surface area contributed by atoms with Gasteiger partial charge in [-0.2, -0.15) is 0 Å². The van der Waals surface area contributed by atoms with Gasteiger partial charge in [-0.15, -0.1) is 0 Å². The lowest BCUT2D eigenvalue weighted by atomic mass is 10.1. The fourth-order valence-corrected chi connectivity index (χ4v) is 1.25. The average molecular weight is 242 g/mol. The monoisotopic (exact) mass is 241 g/mol. The molecule has 4 nitrogen and oxygen atoms in total. The van der Waals surface area contributed by atoms with Crippen molar-refractivity contribution in [2.24, 2.45) is 5.92 Å². The Morgan fingerprint density at radius 3 is 2.50 bits per heavy atom. The Labute approximate surface area is 98.2 Å². The van der Waals surface area contributed by atoms with Gasteiger partial charge in [-0.1, -0.05) is 25.4 Å². The first-order valence-electron chi connectivity index (χ1n) is 4.75. The van der Waals surface area contributed by atoms with Crippen LogP contribution < -0.4 is 5.32 Å². The summed E-state index contributed by atoms with van der Waals surface area (Å²) in [6.45, 7) is 3.46. The van der Waals surface area contributed by atoms with Crippen molar-refractivity contribution in [1.82, 2.24) is 0 Å². The summed E-state index contributed by atoms with van der Waals surface area (Å²) in [6.07, 6.45) is 0. The molecule has 0 heterocycles. The fraction of sp³-hybridized carbons (Fsp3) is 0.273. The van der Waals surface area contributed by atoms with Crippen LogP contribution in [0.3, 0.4) is 0 Å². The second-order valence-corrected chi connectivity index (χ2v) is 4.08. The number of halogens is 1. The predicted octanol–water partition coefficient (Wildman–Crippen LogP) is 2.63. The highest BCUT2D eigenvalue weighted by atomic mass is 35.5. The van der Waals surface area contributed by atoms with Gasteiger partial charge < -0.3 is 10.4 Å². The molecule has 0 saturated carbocycles. The fourth-order valence-electron chi connectivity index (χ4n) is 1.08. The largest absolute Gasteiger partial charge is 0.478 e. The summed E-state index contributed by atoms with van der Waals surface area (Å²) in [4.78, 5) is 22.4. The van der Waals surface area contributed by atoms with Gasteiger partial charge in [0.05, 0.1) is 11.3 Å². The lowest BCUT2D eigenvalue weighted by Gasteiger charge is -2.10. The molecule has 86 valence electrons. The molecular formula is C11H12ClNO3. The number of carboxylic acid groups (broad SMARTS) is 1. The van der Waals surface area contributed by atoms with Crippen LogP contribution in [-0.4, -0.2) is 17.0 Å². The van der Waals surface area contributed by atoms with Crippen LogP contribution >= 0.6 is 11.6 Å². The molecule has 0 spiro atoms. The van der Waals surface area contributed by atoms with Crippen LogP contribution in [0.5, 0.6) is 0 Å². The Hall–Kier alpha value is -1.55. The number of carbonyl (C=O) groups is 2. The van der Waals surface area contributed by atoms with Crippen molar-refractivity contribution in [3.8, 4) is 0 Å². The number of benzene rings is 1. The van der Waals surface area contributed by atoms with Gasteiger partial charge in [0.25, 0.3) is 0 Å². The first-order valence-corrected chi connectivity index (χ1v) is 5.13. The van der Waals surface area contributed by atoms with Gasteiger partial charge in [-0.3, -0.25) is 4.79 Å². The minimum atomic E-state index is -1.12. The van der Waals surface area contributed by atoms with E-state index < -0.39 is 5.97 Å². The smallest absolute Gasteiger partial charge is 0.337 e. The number of rotatable bonds is 3. The number of nitrogens with one attached hydrogen (secondary N) is 1. The summed E-state index contributed by atoms with van der Waals surface area (Å²) in [5.74, 6) is -1.57. The second kappa shape index (κ2) is 4.99. The van der Waals surface area contributed by atoms with E-state index in [-0.39, 0.29) is 23.1 Å². The maximum Gasteiger partial charge on any atom is 0.337 e. The van der Waals surface area contributed by atoms with Gasteiger partial charge in [0.15, 0.2) is 0 Å². The highest BCUT2D eigenvalue weighted by Crippen LogP contribution is 2.21. The minimum absolute atomic E-state index is 0.0125. The molecule has 0 bridgehead atoms. The van der Waals surface area contributed by atoms with Crippen LogP contribution in [0, 0.1) is 5.92 Å². The van der Waals surface area contributed by atoms with Gasteiger partial charge in [0, 0.05) is 10.9 Å². The minimum Gasteiger partial charge on any atom is -0.478 e. The van der Waals surface area contributed by atoms with Crippen molar-refractivity contribution in [2.45, 2.75) is 13.8 Å². The molecule has 1 aromatic rings. The van der Waals surface area contributed by atoms with Crippen LogP contribution in [0.1, 0.15) is 24.2 Å². The molecule has 2 N–H and O–H groups in total. The summed E-state index contributed by atoms with van der Waals surface area (Å²) in [7, 11) is 0. The number of aromatic carboxylic acids is 1. The topological polar surface area (TPSA) is 66.4 Å². The van der Waals surface area contributed by atoms with Crippen molar-refractivity contribution < 1.29 is 14.7 Å². The van der Waals surface area contributed by atoms with Crippen molar-refractivity contribution in [3.63, 3.8) is 0 Å². The van der Waals surface area contributed by atoms with E-state index in [9.17, 15) is 9.59 Å². The molecule has 0 aromatic heterocycles. The van der Waals surface area contributed by atoms with Gasteiger partial charge in [-0.25, -0.2) is 4.79 Å². The molecule has 0 atom stereocenters. The van der Waals surface area contributed by atoms with Crippen molar-refractivity contribution >= 4 is 29.2 Å². The highest BCUT2D eigenvalue weighted by Gasteiger charge is 2.14. The first kappa shape index (κ1) is 12.5. The molecular weight excluding hydrogens is 230 g/mol. The Morgan fingerprint density at radius 2 is 2.00 bits per heavy atom. The third kappa shape index (κ3) is 2.97. The van der Waals surface area contributed by atoms with Crippen LogP contribution in [0.15, 0.2) is 18.2 Å². The quantitative estimate of drug-likeness (QED) is 0.855. The standard InChI is InChI=1S/C11H12ClNO3/c1-6(2)10(14)13-9-4-3-7(12)5-8(9)11(15)16/h3-6H,1-2H3,(H,13,14)(H,15,16). The summed E-state index contributed by atoms with van der Waals surface area (Å²) in [6, 6.07) is 4.32. The van der Waals surface area contributed by atoms with Gasteiger partial charge in [0.2, 0.25) is 5.91 Å². The second-order valence-electron chi connectivity index (χ2n) is 3.64. The number of hydrogen-bond acceptors (Lipinski definition) is 2. The summed E-state index contributed by atoms with van der Waals surface area (Å²) in [5, 5.41) is 11.8. The number of carbonyl (C=O) groups excluding carboxylic acids is 1. The molecule has 5 heteroatoms. The summed E-state index contributed by atoms with van der Waals surface area (Å²) in [5.41, 5.74) is 0.247. The lowest BCUT2D eigenvalue weighted by molar-refractivity contribution is -0.118. The Balaban J connectivity index is 3.04. The number of anilines is 1. The molecule has 0 aliphatic heterocycles. The van der Waals surface area contributed by atoms with Crippen LogP contribution in [-0.2, 0) is 4.79 Å². The van der Waals surface area contributed by atoms with E-state index in [2.05, 4.69) is 5.32 Å². The van der Waals surface area contributed by atoms with Crippen LogP contribution in [0.2, 0.25) is 5.02 Å². The molecule has 16 heavy (non-hydrogen) atoms. The number of hydrogen-bond donors (Lipinski definition) is 2. The molecule has 0 aliphatic carbocycles. The van der Waals surface area contributed by atoms with Crippen LogP contribution in [0.4, 0.5) is 5.69 Å². The van der Waals surface area contributed by atoms with Crippen molar-refractivity contribution in [2.75, 3.05) is 5.32 Å². The maximum absolute atomic E-state index is 11.4. The Kier molecular flexibility index (Phi) is 3.90. The Morgan fingerprint density at radius 1 is 1.38 bits per heavy atom. The van der Waals surface area contributed by atoms with E-state index in [0.717, 1.165) is 0 Å². The third-order valence-electron chi connectivity index (χ3n) is 1.99. The first-order chi connectivity index (χ1) is 7.41. The van der Waals surface area contributed by atoms with Gasteiger partial charge >= 0.3 is 5.97 Å². The average Bonchev–Trinajstić information content (AvgIpc) is 2.20. The van der Waals surface area contributed by atoms with Crippen LogP contribution in [0.25, 0.3) is 0 Å². The van der Waals surface area contributed by atoms with Crippen molar-refractivity contribution in [3.05, 3.63) is 28.8 Å². The highest BCUT2D eigenvalue weighted by molar-refractivity contribution is 6.31. The van der Waals surface area contributed by atoms with Crippen molar-refractivity contribution in [1.29, 1.82) is 0 Å². The molecule has 1 rings (SSSR count). The zero-order valence-electron chi connectivity index (χ0n) is 8.95. The van der Waals surface area contributed by atoms with E-state index in [1.807, 2.05) is 0 Å². The predicted molar refractivity (Wildman–Crippen MR) is 61.9 cm³/mol. The lowest BCUT2D eigenvalue weighted by Crippen LogP contribution is -2.19. The van der Waals surface area contributed by atoms with Gasteiger partial charge in [-0.05, 0) is 18.2 Å². The number of amides is 1. The zero-order chi connectivity index (χ0) is 12.3. The van der Waals surface area contributed by atoms with E-state index in [1.54, 1.807) is 13.8 Å². The summed E-state index contributed by atoms with van der Waals surface area (Å²) >= 11 is 5.68. The van der Waals surface area contributed by atoms with E-state index in [4.69, 9.17) is 16.7 Å². The van der Waals surface area contributed by atoms with E-state index in [1.165, 1.54) is 18.2 Å². The zero-order valence-corrected chi connectivity index (χ0v) is 9.71. The van der Waals surface area contributed by atoms with E-state index >= 15 is 0 Å². The molecule has 0 aliphatic rings. The molecule has 1 amide bonds. The SMILES string of the molecule is CC(C)C(=O)Nc1ccc(Cl)cc1C(=O)O. The molecule has 0 radical (unpaired) electrons. The summed E-state index contributed by atoms with van der Waals surface area (Å²) < 4.78 is 0. The molecule has 1 aromatic carbocycles. The molecule has 0 saturated heterocycles. The molecule has 0 unspecified atom stereocenters. The number of carboxylic acids is 1. The maximum atomic E-state index is 11.4. The van der Waals surface area contributed by atoms with E-state index in [0.29, 0.717) is 5.02 Å². The Bertz CT molecular complexity index is 429. The van der Waals surface area contributed by atoms with Gasteiger partial charge in [0.1, 0.15) is 0 Å². The third-order valence-corrected chi connectivity index (χ3v) is 2.23. The molecule has 0 fully saturated rings. The normalized spacial score (nSPS) is 10.2.